The summed E-state index contributed by atoms with van der Waals surface area (Å²) in [6.07, 6.45) is 0. The van der Waals surface area contributed by atoms with Gasteiger partial charge in [-0.2, -0.15) is 0 Å². The predicted octanol–water partition coefficient (Wildman–Crippen LogP) is -2.92. The molecule has 1 saturated heterocycles. The molecule has 0 aromatic carbocycles. The molecular formula is C12H28N2O3+2. The van der Waals surface area contributed by atoms with E-state index in [1.54, 1.807) is 0 Å². The maximum atomic E-state index is 5.63. The fourth-order valence-corrected chi connectivity index (χ4v) is 1.66. The van der Waals surface area contributed by atoms with Crippen LogP contribution in [0.2, 0.25) is 0 Å². The van der Waals surface area contributed by atoms with E-state index in [0.717, 1.165) is 52.6 Å². The lowest BCUT2D eigenvalue weighted by Gasteiger charge is -2.15. The molecule has 1 rings (SSSR count). The van der Waals surface area contributed by atoms with Gasteiger partial charge in [0.15, 0.2) is 0 Å². The van der Waals surface area contributed by atoms with Gasteiger partial charge in [0.05, 0.1) is 53.7 Å². The van der Waals surface area contributed by atoms with Crippen molar-refractivity contribution in [2.75, 3.05) is 79.9 Å². The molecule has 0 saturated carbocycles. The van der Waals surface area contributed by atoms with Gasteiger partial charge in [-0.1, -0.05) is 0 Å². The largest absolute Gasteiger partial charge is 0.373 e. The number of ether oxygens (including phenoxy) is 3. The summed E-state index contributed by atoms with van der Waals surface area (Å²) < 4.78 is 16.7. The third-order valence-corrected chi connectivity index (χ3v) is 3.06. The van der Waals surface area contributed by atoms with E-state index in [1.165, 1.54) is 9.80 Å². The Balaban J connectivity index is 2.19. The number of hydrogen-bond donors (Lipinski definition) is 2. The van der Waals surface area contributed by atoms with Gasteiger partial charge in [-0.3, -0.25) is 0 Å². The summed E-state index contributed by atoms with van der Waals surface area (Å²) in [5.74, 6) is 0. The Hall–Kier alpha value is -0.200. The van der Waals surface area contributed by atoms with Crippen molar-refractivity contribution >= 4 is 0 Å². The second-order valence-electron chi connectivity index (χ2n) is 4.75. The molecular weight excluding hydrogens is 220 g/mol. The Bertz CT molecular complexity index is 163. The van der Waals surface area contributed by atoms with Crippen molar-refractivity contribution in [3.05, 3.63) is 0 Å². The lowest BCUT2D eigenvalue weighted by atomic mass is 10.5. The van der Waals surface area contributed by atoms with Gasteiger partial charge >= 0.3 is 0 Å². The van der Waals surface area contributed by atoms with Gasteiger partial charge in [-0.25, -0.2) is 0 Å². The summed E-state index contributed by atoms with van der Waals surface area (Å²) in [7, 11) is 4.36. The average Bonchev–Trinajstić information content (AvgIpc) is 2.31. The van der Waals surface area contributed by atoms with Crippen molar-refractivity contribution in [2.24, 2.45) is 0 Å². The Labute approximate surface area is 105 Å². The highest BCUT2D eigenvalue weighted by molar-refractivity contribution is 4.35. The molecule has 0 spiro atoms. The fraction of sp³-hybridized carbons (Fsp3) is 1.00. The van der Waals surface area contributed by atoms with Crippen LogP contribution < -0.4 is 9.80 Å². The van der Waals surface area contributed by atoms with Crippen LogP contribution in [0, 0.1) is 0 Å². The fourth-order valence-electron chi connectivity index (χ4n) is 1.66. The van der Waals surface area contributed by atoms with Crippen molar-refractivity contribution in [3.8, 4) is 0 Å². The van der Waals surface area contributed by atoms with E-state index >= 15 is 0 Å². The van der Waals surface area contributed by atoms with E-state index in [0.29, 0.717) is 13.2 Å². The van der Waals surface area contributed by atoms with E-state index in [4.69, 9.17) is 14.2 Å². The van der Waals surface area contributed by atoms with E-state index < -0.39 is 0 Å². The first kappa shape index (κ1) is 14.9. The molecule has 1 fully saturated rings. The average molecular weight is 248 g/mol. The van der Waals surface area contributed by atoms with Crippen LogP contribution in [0.1, 0.15) is 0 Å². The van der Waals surface area contributed by atoms with Crippen LogP contribution in [0.25, 0.3) is 0 Å². The molecule has 0 radical (unpaired) electrons. The van der Waals surface area contributed by atoms with Gasteiger partial charge in [0.2, 0.25) is 0 Å². The zero-order valence-corrected chi connectivity index (χ0v) is 11.3. The zero-order chi connectivity index (χ0) is 12.3. The maximum Gasteiger partial charge on any atom is 0.101 e. The number of quaternary nitrogens is 2. The van der Waals surface area contributed by atoms with Crippen LogP contribution in [-0.2, 0) is 14.2 Å². The highest BCUT2D eigenvalue weighted by Gasteiger charge is 2.05. The molecule has 1 heterocycles. The highest BCUT2D eigenvalue weighted by Crippen LogP contribution is 1.77. The molecule has 1 aliphatic heterocycles. The minimum absolute atomic E-state index is 0.711. The normalized spacial score (nSPS) is 31.4. The van der Waals surface area contributed by atoms with Crippen molar-refractivity contribution in [3.63, 3.8) is 0 Å². The minimum atomic E-state index is 0.711. The second-order valence-corrected chi connectivity index (χ2v) is 4.75. The number of likely N-dealkylation sites (N-methyl/N-ethyl adjacent to an activating group) is 2. The summed E-state index contributed by atoms with van der Waals surface area (Å²) in [6.45, 7) is 8.90. The number of rotatable bonds is 0. The molecule has 0 aromatic rings. The molecule has 2 N–H and O–H groups in total. The first-order chi connectivity index (χ1) is 8.29. The lowest BCUT2D eigenvalue weighted by Crippen LogP contribution is -3.10. The Morgan fingerprint density at radius 1 is 0.529 bits per heavy atom. The summed E-state index contributed by atoms with van der Waals surface area (Å²) in [5, 5.41) is 0. The van der Waals surface area contributed by atoms with E-state index in [-0.39, 0.29) is 0 Å². The van der Waals surface area contributed by atoms with Gasteiger partial charge in [0, 0.05) is 0 Å². The molecule has 0 aromatic heterocycles. The molecule has 2 atom stereocenters. The van der Waals surface area contributed by atoms with Gasteiger partial charge in [0.1, 0.15) is 26.2 Å². The first-order valence-electron chi connectivity index (χ1n) is 6.65. The van der Waals surface area contributed by atoms with Crippen LogP contribution >= 0.6 is 0 Å². The van der Waals surface area contributed by atoms with Crippen LogP contribution in [-0.4, -0.2) is 79.9 Å². The summed E-state index contributed by atoms with van der Waals surface area (Å²) in [5.41, 5.74) is 0. The Morgan fingerprint density at radius 2 is 0.824 bits per heavy atom. The quantitative estimate of drug-likeness (QED) is 0.482. The molecule has 102 valence electrons. The third kappa shape index (κ3) is 8.51. The predicted molar refractivity (Wildman–Crippen MR) is 65.7 cm³/mol. The van der Waals surface area contributed by atoms with Crippen LogP contribution in [0.5, 0.6) is 0 Å². The van der Waals surface area contributed by atoms with Gasteiger partial charge in [-0.15, -0.1) is 0 Å². The third-order valence-electron chi connectivity index (χ3n) is 3.06. The van der Waals surface area contributed by atoms with Crippen LogP contribution in [0.3, 0.4) is 0 Å². The highest BCUT2D eigenvalue weighted by atomic mass is 16.5. The van der Waals surface area contributed by atoms with Crippen LogP contribution in [0.4, 0.5) is 0 Å². The van der Waals surface area contributed by atoms with E-state index in [2.05, 4.69) is 14.1 Å². The minimum Gasteiger partial charge on any atom is -0.373 e. The van der Waals surface area contributed by atoms with Gasteiger partial charge in [0.25, 0.3) is 0 Å². The SMILES string of the molecule is C[NH+]1CCOCCOCC[NH+](C)CCOCC1. The zero-order valence-electron chi connectivity index (χ0n) is 11.3. The van der Waals surface area contributed by atoms with E-state index in [9.17, 15) is 0 Å². The molecule has 1 aliphatic rings. The lowest BCUT2D eigenvalue weighted by molar-refractivity contribution is -0.884. The molecule has 0 bridgehead atoms. The number of hydrogen-bond acceptors (Lipinski definition) is 3. The molecule has 17 heavy (non-hydrogen) atoms. The van der Waals surface area contributed by atoms with Gasteiger partial charge in [-0.05, 0) is 0 Å². The standard InChI is InChI=1S/C12H26N2O3/c1-13-3-7-15-8-4-14(2)6-10-17-12-11-16-9-5-13/h3-12H2,1-2H3/p+2. The Kier molecular flexibility index (Phi) is 8.56. The van der Waals surface area contributed by atoms with E-state index in [1.807, 2.05) is 0 Å². The molecule has 0 aliphatic carbocycles. The van der Waals surface area contributed by atoms with Crippen molar-refractivity contribution in [1.29, 1.82) is 0 Å². The van der Waals surface area contributed by atoms with Crippen molar-refractivity contribution in [1.82, 2.24) is 0 Å². The second kappa shape index (κ2) is 9.79. The topological polar surface area (TPSA) is 36.6 Å². The summed E-state index contributed by atoms with van der Waals surface area (Å²) in [4.78, 5) is 2.92. The molecule has 0 amide bonds. The summed E-state index contributed by atoms with van der Waals surface area (Å²) in [6, 6.07) is 0. The number of nitrogens with one attached hydrogen (secondary N) is 2. The van der Waals surface area contributed by atoms with Crippen molar-refractivity contribution in [2.45, 2.75) is 0 Å². The maximum absolute atomic E-state index is 5.63. The Morgan fingerprint density at radius 3 is 1.18 bits per heavy atom. The smallest absolute Gasteiger partial charge is 0.101 e. The molecule has 5 nitrogen and oxygen atoms in total. The van der Waals surface area contributed by atoms with Crippen molar-refractivity contribution < 1.29 is 24.0 Å². The summed E-state index contributed by atoms with van der Waals surface area (Å²) >= 11 is 0. The molecule has 2 unspecified atom stereocenters. The monoisotopic (exact) mass is 248 g/mol. The van der Waals surface area contributed by atoms with Gasteiger partial charge < -0.3 is 24.0 Å². The first-order valence-corrected chi connectivity index (χ1v) is 6.65. The molecule has 5 heteroatoms. The van der Waals surface area contributed by atoms with Crippen LogP contribution in [0.15, 0.2) is 0 Å².